The first-order valence-corrected chi connectivity index (χ1v) is 5.35. The molecule has 0 radical (unpaired) electrons. The van der Waals surface area contributed by atoms with Crippen molar-refractivity contribution in [1.29, 1.82) is 5.26 Å². The first-order chi connectivity index (χ1) is 9.01. The van der Waals surface area contributed by atoms with Crippen LogP contribution in [0.5, 0.6) is 0 Å². The number of pyridine rings is 1. The molecule has 1 aromatic heterocycles. The number of methoxy groups -OCH3 is 1. The maximum Gasteiger partial charge on any atom is 0.343 e. The molecule has 1 heterocycles. The molecule has 0 aliphatic rings. The van der Waals surface area contributed by atoms with Gasteiger partial charge in [0.05, 0.1) is 24.3 Å². The van der Waals surface area contributed by atoms with E-state index in [1.807, 2.05) is 6.07 Å². The van der Waals surface area contributed by atoms with Crippen LogP contribution in [0, 0.1) is 21.4 Å². The fraction of sp³-hybridized carbons (Fsp3) is 0.364. The largest absolute Gasteiger partial charge is 0.465 e. The van der Waals surface area contributed by atoms with Crippen LogP contribution in [0.2, 0.25) is 0 Å². The van der Waals surface area contributed by atoms with E-state index in [0.29, 0.717) is 6.42 Å². The lowest BCUT2D eigenvalue weighted by Crippen LogP contribution is -2.27. The Hall–Kier alpha value is -2.69. The maximum atomic E-state index is 11.9. The van der Waals surface area contributed by atoms with Crippen LogP contribution in [0.1, 0.15) is 23.2 Å². The van der Waals surface area contributed by atoms with Gasteiger partial charge in [-0.2, -0.15) is 5.26 Å². The van der Waals surface area contributed by atoms with E-state index < -0.39 is 22.0 Å². The molecule has 1 aromatic rings. The summed E-state index contributed by atoms with van der Waals surface area (Å²) in [4.78, 5) is 33.3. The molecule has 0 fully saturated rings. The van der Waals surface area contributed by atoms with Crippen LogP contribution in [-0.4, -0.2) is 22.6 Å². The van der Waals surface area contributed by atoms with Gasteiger partial charge in [-0.1, -0.05) is 0 Å². The number of unbranched alkanes of at least 4 members (excludes halogenated alkanes) is 1. The minimum Gasteiger partial charge on any atom is -0.465 e. The van der Waals surface area contributed by atoms with Crippen molar-refractivity contribution in [3.63, 3.8) is 0 Å². The fourth-order valence-corrected chi connectivity index (χ4v) is 1.47. The molecule has 0 atom stereocenters. The molecule has 8 nitrogen and oxygen atoms in total. The van der Waals surface area contributed by atoms with Gasteiger partial charge in [-0.15, -0.1) is 0 Å². The number of nitrogens with zero attached hydrogens (tertiary/aromatic N) is 3. The van der Waals surface area contributed by atoms with Crippen molar-refractivity contribution in [2.75, 3.05) is 7.11 Å². The van der Waals surface area contributed by atoms with Gasteiger partial charge in [-0.05, 0) is 6.42 Å². The molecular weight excluding hydrogens is 254 g/mol. The highest BCUT2D eigenvalue weighted by Crippen LogP contribution is 2.11. The number of esters is 1. The Morgan fingerprint density at radius 2 is 2.32 bits per heavy atom. The summed E-state index contributed by atoms with van der Waals surface area (Å²) in [6.07, 6.45) is 1.62. The van der Waals surface area contributed by atoms with Gasteiger partial charge in [0, 0.05) is 19.0 Å². The second-order valence-electron chi connectivity index (χ2n) is 3.62. The molecule has 0 aliphatic heterocycles. The molecular formula is C11H11N3O5. The van der Waals surface area contributed by atoms with Crippen molar-refractivity contribution < 1.29 is 14.5 Å². The quantitative estimate of drug-likeness (QED) is 0.337. The molecule has 0 N–H and O–H groups in total. The minimum absolute atomic E-state index is 0.123. The highest BCUT2D eigenvalue weighted by atomic mass is 16.6. The number of carbonyl (C=O) groups is 1. The summed E-state index contributed by atoms with van der Waals surface area (Å²) in [5.41, 5.74) is -1.44. The Kier molecular flexibility index (Phi) is 4.76. The van der Waals surface area contributed by atoms with Crippen molar-refractivity contribution in [3.8, 4) is 6.07 Å². The third-order valence-corrected chi connectivity index (χ3v) is 2.38. The summed E-state index contributed by atoms with van der Waals surface area (Å²) in [5.74, 6) is -0.928. The van der Waals surface area contributed by atoms with Crippen LogP contribution in [0.4, 0.5) is 5.69 Å². The van der Waals surface area contributed by atoms with Crippen molar-refractivity contribution in [2.24, 2.45) is 0 Å². The van der Waals surface area contributed by atoms with Crippen molar-refractivity contribution in [1.82, 2.24) is 4.57 Å². The number of nitriles is 1. The molecule has 0 spiro atoms. The number of rotatable bonds is 5. The van der Waals surface area contributed by atoms with Crippen LogP contribution in [-0.2, 0) is 11.3 Å². The Balaban J connectivity index is 3.26. The Morgan fingerprint density at radius 1 is 1.63 bits per heavy atom. The number of ether oxygens (including phenoxy) is 1. The molecule has 0 amide bonds. The van der Waals surface area contributed by atoms with Gasteiger partial charge >= 0.3 is 5.97 Å². The van der Waals surface area contributed by atoms with Gasteiger partial charge in [0.15, 0.2) is 0 Å². The van der Waals surface area contributed by atoms with E-state index in [2.05, 4.69) is 4.74 Å². The molecule has 0 aromatic carbocycles. The lowest BCUT2D eigenvalue weighted by atomic mass is 10.2. The second kappa shape index (κ2) is 6.30. The monoisotopic (exact) mass is 265 g/mol. The number of carbonyl (C=O) groups excluding carboxylic acids is 1. The highest BCUT2D eigenvalue weighted by Gasteiger charge is 2.19. The SMILES string of the molecule is COC(=O)c1cc([N+](=O)[O-])cn(CCCC#N)c1=O. The molecule has 1 rings (SSSR count). The topological polar surface area (TPSA) is 115 Å². The normalized spacial score (nSPS) is 9.68. The van der Waals surface area contributed by atoms with Crippen LogP contribution in [0.15, 0.2) is 17.1 Å². The molecule has 0 aliphatic carbocycles. The van der Waals surface area contributed by atoms with Crippen molar-refractivity contribution >= 4 is 11.7 Å². The number of aryl methyl sites for hydroxylation is 1. The van der Waals surface area contributed by atoms with Crippen LogP contribution in [0.25, 0.3) is 0 Å². The Labute approximate surface area is 108 Å². The molecule has 100 valence electrons. The van der Waals surface area contributed by atoms with Crippen molar-refractivity contribution in [3.05, 3.63) is 38.3 Å². The molecule has 8 heteroatoms. The van der Waals surface area contributed by atoms with Crippen molar-refractivity contribution in [2.45, 2.75) is 19.4 Å². The van der Waals surface area contributed by atoms with Crippen LogP contribution in [0.3, 0.4) is 0 Å². The van der Waals surface area contributed by atoms with E-state index in [9.17, 15) is 19.7 Å². The summed E-state index contributed by atoms with van der Waals surface area (Å²) >= 11 is 0. The van der Waals surface area contributed by atoms with Crippen LogP contribution < -0.4 is 5.56 Å². The second-order valence-corrected chi connectivity index (χ2v) is 3.62. The van der Waals surface area contributed by atoms with Gasteiger partial charge in [-0.25, -0.2) is 4.79 Å². The predicted molar refractivity (Wildman–Crippen MR) is 63.5 cm³/mol. The standard InChI is InChI=1S/C11H11N3O5/c1-19-11(16)9-6-8(14(17)18)7-13(10(9)15)5-3-2-4-12/h6-7H,2-3,5H2,1H3. The van der Waals surface area contributed by atoms with E-state index in [4.69, 9.17) is 5.26 Å². The van der Waals surface area contributed by atoms with E-state index >= 15 is 0 Å². The third kappa shape index (κ3) is 3.38. The van der Waals surface area contributed by atoms with Gasteiger partial charge in [0.2, 0.25) is 0 Å². The van der Waals surface area contributed by atoms with E-state index in [0.717, 1.165) is 23.9 Å². The minimum atomic E-state index is -0.928. The third-order valence-electron chi connectivity index (χ3n) is 2.38. The van der Waals surface area contributed by atoms with Gasteiger partial charge < -0.3 is 9.30 Å². The summed E-state index contributed by atoms with van der Waals surface area (Å²) in [5, 5.41) is 19.2. The molecule has 0 unspecified atom stereocenters. The van der Waals surface area contributed by atoms with Crippen LogP contribution >= 0.6 is 0 Å². The number of aromatic nitrogens is 1. The predicted octanol–water partition coefficient (Wildman–Crippen LogP) is 0.847. The number of nitro groups is 1. The van der Waals surface area contributed by atoms with Gasteiger partial charge in [0.1, 0.15) is 5.56 Å². The number of hydrogen-bond acceptors (Lipinski definition) is 6. The van der Waals surface area contributed by atoms with Gasteiger partial charge in [-0.3, -0.25) is 14.9 Å². The summed E-state index contributed by atoms with van der Waals surface area (Å²) < 4.78 is 5.45. The number of hydrogen-bond donors (Lipinski definition) is 0. The fourth-order valence-electron chi connectivity index (χ4n) is 1.47. The van der Waals surface area contributed by atoms with E-state index in [1.165, 1.54) is 0 Å². The highest BCUT2D eigenvalue weighted by molar-refractivity contribution is 5.89. The van der Waals surface area contributed by atoms with E-state index in [-0.39, 0.29) is 18.7 Å². The zero-order valence-corrected chi connectivity index (χ0v) is 10.2. The average Bonchev–Trinajstić information content (AvgIpc) is 2.39. The lowest BCUT2D eigenvalue weighted by Gasteiger charge is -2.06. The molecule has 0 saturated carbocycles. The molecule has 0 bridgehead atoms. The molecule has 19 heavy (non-hydrogen) atoms. The smallest absolute Gasteiger partial charge is 0.343 e. The first kappa shape index (κ1) is 14.4. The van der Waals surface area contributed by atoms with E-state index in [1.54, 1.807) is 0 Å². The van der Waals surface area contributed by atoms with Gasteiger partial charge in [0.25, 0.3) is 11.2 Å². The first-order valence-electron chi connectivity index (χ1n) is 5.35. The zero-order valence-electron chi connectivity index (χ0n) is 10.2. The Morgan fingerprint density at radius 3 is 2.84 bits per heavy atom. The maximum absolute atomic E-state index is 11.9. The summed E-state index contributed by atoms with van der Waals surface area (Å²) in [7, 11) is 1.08. The summed E-state index contributed by atoms with van der Waals surface area (Å²) in [6, 6.07) is 2.79. The summed E-state index contributed by atoms with van der Waals surface area (Å²) in [6.45, 7) is 0.123. The average molecular weight is 265 g/mol. The Bertz CT molecular complexity index is 599. The zero-order chi connectivity index (χ0) is 14.4. The molecule has 0 saturated heterocycles. The lowest BCUT2D eigenvalue weighted by molar-refractivity contribution is -0.385.